The maximum absolute atomic E-state index is 11.6. The number of nitrogens with one attached hydrogen (secondary N) is 1. The molecule has 0 bridgehead atoms. The van der Waals surface area contributed by atoms with E-state index in [0.29, 0.717) is 23.9 Å². The van der Waals surface area contributed by atoms with Crippen molar-refractivity contribution in [1.29, 1.82) is 0 Å². The van der Waals surface area contributed by atoms with Crippen molar-refractivity contribution in [3.05, 3.63) is 57.3 Å². The Morgan fingerprint density at radius 3 is 2.67 bits per heavy atom. The number of anilines is 1. The zero-order valence-electron chi connectivity index (χ0n) is 14.9. The molecule has 1 aliphatic heterocycles. The molecule has 3 aromatic rings. The van der Waals surface area contributed by atoms with Gasteiger partial charge in [-0.2, -0.15) is 10.1 Å². The number of hydrogen-bond acceptors (Lipinski definition) is 7. The second-order valence-corrected chi connectivity index (χ2v) is 6.92. The topological polar surface area (TPSA) is 91.2 Å². The molecule has 1 aromatic carbocycles. The fourth-order valence-corrected chi connectivity index (χ4v) is 3.28. The number of aromatic amines is 1. The first-order chi connectivity index (χ1) is 13.1. The second-order valence-electron chi connectivity index (χ2n) is 6.54. The van der Waals surface area contributed by atoms with E-state index in [2.05, 4.69) is 30.1 Å². The molecule has 0 saturated carbocycles. The number of H-pyrrole nitrogens is 1. The molecule has 9 heteroatoms. The van der Waals surface area contributed by atoms with Crippen LogP contribution in [0.15, 0.2) is 39.8 Å². The highest BCUT2D eigenvalue weighted by Gasteiger charge is 2.22. The molecule has 0 amide bonds. The van der Waals surface area contributed by atoms with Crippen molar-refractivity contribution in [1.82, 2.24) is 25.2 Å². The van der Waals surface area contributed by atoms with Crippen LogP contribution in [0.4, 0.5) is 5.69 Å². The van der Waals surface area contributed by atoms with Gasteiger partial charge in [0.05, 0.1) is 18.4 Å². The molecule has 8 nitrogen and oxygen atoms in total. The molecule has 1 aliphatic rings. The largest absolute Gasteiger partial charge is 0.366 e. The molecular formula is C18H19ClN6O2. The molecule has 4 rings (SSSR count). The molecule has 27 heavy (non-hydrogen) atoms. The van der Waals surface area contributed by atoms with Gasteiger partial charge in [-0.05, 0) is 6.92 Å². The van der Waals surface area contributed by atoms with Gasteiger partial charge in [-0.15, -0.1) is 0 Å². The van der Waals surface area contributed by atoms with E-state index in [1.165, 1.54) is 5.56 Å². The highest BCUT2D eigenvalue weighted by molar-refractivity contribution is 6.33. The van der Waals surface area contributed by atoms with E-state index >= 15 is 0 Å². The Morgan fingerprint density at radius 2 is 1.93 bits per heavy atom. The molecule has 140 valence electrons. The molecule has 1 fully saturated rings. The number of piperazine rings is 1. The molecule has 2 aromatic heterocycles. The van der Waals surface area contributed by atoms with Gasteiger partial charge in [0.1, 0.15) is 5.02 Å². The van der Waals surface area contributed by atoms with Crippen LogP contribution in [0.25, 0.3) is 11.4 Å². The number of rotatable bonds is 4. The van der Waals surface area contributed by atoms with Crippen LogP contribution in [0.1, 0.15) is 11.5 Å². The van der Waals surface area contributed by atoms with Crippen LogP contribution in [-0.2, 0) is 6.54 Å². The van der Waals surface area contributed by atoms with Crippen molar-refractivity contribution in [3.8, 4) is 11.4 Å². The van der Waals surface area contributed by atoms with Crippen molar-refractivity contribution in [2.75, 3.05) is 31.1 Å². The lowest BCUT2D eigenvalue weighted by Gasteiger charge is -2.35. The summed E-state index contributed by atoms with van der Waals surface area (Å²) >= 11 is 6.09. The molecule has 1 saturated heterocycles. The number of nitrogens with zero attached hydrogens (tertiary/aromatic N) is 5. The lowest BCUT2D eigenvalue weighted by atomic mass is 10.1. The zero-order chi connectivity index (χ0) is 18.8. The lowest BCUT2D eigenvalue weighted by Crippen LogP contribution is -2.46. The fourth-order valence-electron chi connectivity index (χ4n) is 3.07. The smallest absolute Gasteiger partial charge is 0.285 e. The summed E-state index contributed by atoms with van der Waals surface area (Å²) in [6, 6.07) is 8.03. The van der Waals surface area contributed by atoms with E-state index in [1.807, 2.05) is 31.2 Å². The van der Waals surface area contributed by atoms with Crippen molar-refractivity contribution in [2.45, 2.75) is 13.5 Å². The predicted molar refractivity (Wildman–Crippen MR) is 102 cm³/mol. The minimum Gasteiger partial charge on any atom is -0.366 e. The monoisotopic (exact) mass is 386 g/mol. The Morgan fingerprint density at radius 1 is 1.19 bits per heavy atom. The molecule has 0 unspecified atom stereocenters. The number of aromatic nitrogens is 4. The van der Waals surface area contributed by atoms with Gasteiger partial charge in [0.25, 0.3) is 5.56 Å². The maximum Gasteiger partial charge on any atom is 0.285 e. The van der Waals surface area contributed by atoms with Crippen molar-refractivity contribution < 1.29 is 4.52 Å². The van der Waals surface area contributed by atoms with Crippen LogP contribution < -0.4 is 10.5 Å². The Kier molecular flexibility index (Phi) is 4.91. The molecule has 0 aliphatic carbocycles. The van der Waals surface area contributed by atoms with E-state index in [1.54, 1.807) is 6.20 Å². The van der Waals surface area contributed by atoms with Gasteiger partial charge in [0.15, 0.2) is 0 Å². The minimum absolute atomic E-state index is 0.179. The van der Waals surface area contributed by atoms with Crippen molar-refractivity contribution >= 4 is 17.3 Å². The van der Waals surface area contributed by atoms with Crippen LogP contribution in [0.5, 0.6) is 0 Å². The zero-order valence-corrected chi connectivity index (χ0v) is 15.6. The van der Waals surface area contributed by atoms with Gasteiger partial charge in [-0.3, -0.25) is 9.69 Å². The highest BCUT2D eigenvalue weighted by atomic mass is 35.5. The number of benzene rings is 1. The molecule has 0 radical (unpaired) electrons. The first-order valence-corrected chi connectivity index (χ1v) is 9.08. The average molecular weight is 387 g/mol. The Bertz CT molecular complexity index is 976. The average Bonchev–Trinajstić information content (AvgIpc) is 3.14. The van der Waals surface area contributed by atoms with Gasteiger partial charge in [0, 0.05) is 31.7 Å². The Hall–Kier alpha value is -2.71. The molecule has 0 spiro atoms. The van der Waals surface area contributed by atoms with Gasteiger partial charge in [-0.25, -0.2) is 5.10 Å². The van der Waals surface area contributed by atoms with Gasteiger partial charge < -0.3 is 9.42 Å². The minimum atomic E-state index is -0.369. The summed E-state index contributed by atoms with van der Waals surface area (Å²) in [7, 11) is 0. The van der Waals surface area contributed by atoms with E-state index in [-0.39, 0.29) is 10.6 Å². The Labute approximate surface area is 160 Å². The van der Waals surface area contributed by atoms with E-state index in [9.17, 15) is 4.79 Å². The summed E-state index contributed by atoms with van der Waals surface area (Å²) in [6.07, 6.45) is 1.59. The van der Waals surface area contributed by atoms with Crippen LogP contribution in [0.3, 0.4) is 0 Å². The first kappa shape index (κ1) is 17.7. The summed E-state index contributed by atoms with van der Waals surface area (Å²) in [5, 5.41) is 10.4. The van der Waals surface area contributed by atoms with E-state index < -0.39 is 0 Å². The Balaban J connectivity index is 1.38. The summed E-state index contributed by atoms with van der Waals surface area (Å²) in [5.41, 5.74) is 2.43. The van der Waals surface area contributed by atoms with Crippen LogP contribution in [0.2, 0.25) is 5.02 Å². The molecule has 1 N–H and O–H groups in total. The first-order valence-electron chi connectivity index (χ1n) is 8.70. The molecular weight excluding hydrogens is 368 g/mol. The van der Waals surface area contributed by atoms with E-state index in [0.717, 1.165) is 31.7 Å². The van der Waals surface area contributed by atoms with Crippen LogP contribution in [-0.4, -0.2) is 51.4 Å². The summed E-state index contributed by atoms with van der Waals surface area (Å²) in [4.78, 5) is 20.4. The van der Waals surface area contributed by atoms with Crippen molar-refractivity contribution in [2.24, 2.45) is 0 Å². The normalized spacial score (nSPS) is 15.3. The SMILES string of the molecule is Cc1ccc(-c2noc(CN3CCN(c4cn[nH]c(=O)c4Cl)CC3)n2)cc1. The summed E-state index contributed by atoms with van der Waals surface area (Å²) in [6.45, 7) is 5.71. The quantitative estimate of drug-likeness (QED) is 0.734. The second kappa shape index (κ2) is 7.50. The van der Waals surface area contributed by atoms with Crippen molar-refractivity contribution in [3.63, 3.8) is 0 Å². The third-order valence-corrected chi connectivity index (χ3v) is 4.99. The molecule has 3 heterocycles. The van der Waals surface area contributed by atoms with Gasteiger partial charge >= 0.3 is 0 Å². The maximum atomic E-state index is 11.6. The molecule has 0 atom stereocenters. The third-order valence-electron chi connectivity index (χ3n) is 4.63. The van der Waals surface area contributed by atoms with Gasteiger partial charge in [-0.1, -0.05) is 46.6 Å². The van der Waals surface area contributed by atoms with Gasteiger partial charge in [0.2, 0.25) is 11.7 Å². The fraction of sp³-hybridized carbons (Fsp3) is 0.333. The summed E-state index contributed by atoms with van der Waals surface area (Å²) in [5.74, 6) is 1.19. The summed E-state index contributed by atoms with van der Waals surface area (Å²) < 4.78 is 5.41. The number of aryl methyl sites for hydroxylation is 1. The van der Waals surface area contributed by atoms with Crippen LogP contribution >= 0.6 is 11.6 Å². The number of hydrogen-bond donors (Lipinski definition) is 1. The number of halogens is 1. The third kappa shape index (κ3) is 3.86. The van der Waals surface area contributed by atoms with E-state index in [4.69, 9.17) is 16.1 Å². The lowest BCUT2D eigenvalue weighted by molar-refractivity contribution is 0.215. The standard InChI is InChI=1S/C18H19ClN6O2/c1-12-2-4-13(5-3-12)17-21-15(27-23-17)11-24-6-8-25(9-7-24)14-10-20-22-18(26)16(14)19/h2-5,10H,6-9,11H2,1H3,(H,22,26). The highest BCUT2D eigenvalue weighted by Crippen LogP contribution is 2.22. The van der Waals surface area contributed by atoms with Crippen LogP contribution in [0, 0.1) is 6.92 Å². The predicted octanol–water partition coefficient (Wildman–Crippen LogP) is 2.10.